The molecule has 3 aromatic heterocycles. The van der Waals surface area contributed by atoms with Crippen molar-refractivity contribution in [1.82, 2.24) is 24.4 Å². The maximum absolute atomic E-state index is 13.2. The normalized spacial score (nSPS) is 12.3. The standard InChI is InChI=1S/C24H28N6O3S/c1-7-18(22(31)26-21-17(12-25-29(21)6)23(32)33-8-2)34-24-28-27-19-11-14(4)16-10-13(3)9-15(5)20(16)30(19)24/h9-12,18H,7-8H2,1-6H3,(H,26,31). The lowest BCUT2D eigenvalue weighted by molar-refractivity contribution is -0.115. The molecule has 0 saturated carbocycles. The molecule has 9 nitrogen and oxygen atoms in total. The van der Waals surface area contributed by atoms with Gasteiger partial charge in [0.05, 0.1) is 23.6 Å². The Bertz CT molecular complexity index is 1410. The Hall–Kier alpha value is -3.40. The third-order valence-corrected chi connectivity index (χ3v) is 6.99. The fraction of sp³-hybridized carbons (Fsp3) is 0.375. The minimum absolute atomic E-state index is 0.220. The molecule has 1 unspecified atom stereocenters. The van der Waals surface area contributed by atoms with Gasteiger partial charge in [-0.2, -0.15) is 5.10 Å². The van der Waals surface area contributed by atoms with E-state index in [0.29, 0.717) is 17.4 Å². The van der Waals surface area contributed by atoms with Crippen molar-refractivity contribution in [3.05, 3.63) is 46.6 Å². The van der Waals surface area contributed by atoms with E-state index in [-0.39, 0.29) is 18.1 Å². The van der Waals surface area contributed by atoms with Gasteiger partial charge in [-0.1, -0.05) is 30.3 Å². The minimum Gasteiger partial charge on any atom is -0.462 e. The lowest BCUT2D eigenvalue weighted by atomic mass is 10.0. The molecule has 10 heteroatoms. The molecule has 0 bridgehead atoms. The second-order valence-electron chi connectivity index (χ2n) is 8.24. The highest BCUT2D eigenvalue weighted by Crippen LogP contribution is 2.32. The number of nitrogens with one attached hydrogen (secondary N) is 1. The van der Waals surface area contributed by atoms with Gasteiger partial charge in [0.25, 0.3) is 0 Å². The van der Waals surface area contributed by atoms with Crippen LogP contribution in [0.5, 0.6) is 0 Å². The Kier molecular flexibility index (Phi) is 6.60. The van der Waals surface area contributed by atoms with Gasteiger partial charge in [0.1, 0.15) is 11.4 Å². The van der Waals surface area contributed by atoms with Gasteiger partial charge in [0.2, 0.25) is 5.91 Å². The SMILES string of the molecule is CCOC(=O)c1cnn(C)c1NC(=O)C(CC)Sc1nnc2cc(C)c3cc(C)cc(C)c3n12. The molecule has 0 aliphatic carbocycles. The molecule has 4 rings (SSSR count). The maximum Gasteiger partial charge on any atom is 0.343 e. The molecular weight excluding hydrogens is 452 g/mol. The molecule has 3 heterocycles. The van der Waals surface area contributed by atoms with Crippen molar-refractivity contribution < 1.29 is 14.3 Å². The van der Waals surface area contributed by atoms with Crippen LogP contribution in [0, 0.1) is 20.8 Å². The molecule has 0 radical (unpaired) electrons. The Balaban J connectivity index is 1.68. The number of carbonyl (C=O) groups excluding carboxylic acids is 2. The number of benzene rings is 1. The monoisotopic (exact) mass is 480 g/mol. The van der Waals surface area contributed by atoms with Gasteiger partial charge >= 0.3 is 5.97 Å². The number of thioether (sulfide) groups is 1. The van der Waals surface area contributed by atoms with E-state index in [9.17, 15) is 9.59 Å². The van der Waals surface area contributed by atoms with E-state index in [1.807, 2.05) is 17.4 Å². The van der Waals surface area contributed by atoms with Crippen LogP contribution in [0.2, 0.25) is 0 Å². The summed E-state index contributed by atoms with van der Waals surface area (Å²) in [7, 11) is 1.66. The molecule has 4 aromatic rings. The molecule has 1 atom stereocenters. The largest absolute Gasteiger partial charge is 0.462 e. The number of hydrogen-bond acceptors (Lipinski definition) is 7. The number of carbonyl (C=O) groups is 2. The lowest BCUT2D eigenvalue weighted by Gasteiger charge is -2.16. The summed E-state index contributed by atoms with van der Waals surface area (Å²) in [5.74, 6) is -0.467. The van der Waals surface area contributed by atoms with Crippen LogP contribution in [-0.4, -0.2) is 48.1 Å². The number of anilines is 1. The van der Waals surface area contributed by atoms with E-state index in [4.69, 9.17) is 4.74 Å². The van der Waals surface area contributed by atoms with E-state index in [1.165, 1.54) is 28.2 Å². The first-order valence-corrected chi connectivity index (χ1v) is 12.0. The molecule has 0 aliphatic rings. The van der Waals surface area contributed by atoms with Crippen molar-refractivity contribution in [3.63, 3.8) is 0 Å². The highest BCUT2D eigenvalue weighted by molar-refractivity contribution is 8.00. The molecule has 1 amide bonds. The zero-order chi connectivity index (χ0) is 24.6. The average Bonchev–Trinajstić information content (AvgIpc) is 3.35. The first-order chi connectivity index (χ1) is 16.2. The fourth-order valence-electron chi connectivity index (χ4n) is 4.08. The third-order valence-electron chi connectivity index (χ3n) is 5.68. The van der Waals surface area contributed by atoms with Crippen LogP contribution in [0.3, 0.4) is 0 Å². The number of nitrogens with zero attached hydrogens (tertiary/aromatic N) is 5. The van der Waals surface area contributed by atoms with Gasteiger partial charge in [-0.05, 0) is 57.4 Å². The number of ether oxygens (including phenoxy) is 1. The number of aryl methyl sites for hydroxylation is 4. The zero-order valence-electron chi connectivity index (χ0n) is 20.2. The number of fused-ring (bicyclic) bond motifs is 3. The second-order valence-corrected chi connectivity index (χ2v) is 9.41. The van der Waals surface area contributed by atoms with Gasteiger partial charge in [0, 0.05) is 12.4 Å². The highest BCUT2D eigenvalue weighted by atomic mass is 32.2. The smallest absolute Gasteiger partial charge is 0.343 e. The van der Waals surface area contributed by atoms with Gasteiger partial charge in [-0.15, -0.1) is 10.2 Å². The fourth-order valence-corrected chi connectivity index (χ4v) is 5.05. The second kappa shape index (κ2) is 9.46. The predicted molar refractivity (Wildman–Crippen MR) is 132 cm³/mol. The summed E-state index contributed by atoms with van der Waals surface area (Å²) >= 11 is 1.35. The summed E-state index contributed by atoms with van der Waals surface area (Å²) in [5, 5.41) is 17.1. The Morgan fingerprint density at radius 2 is 1.88 bits per heavy atom. The number of esters is 1. The topological polar surface area (TPSA) is 103 Å². The van der Waals surface area contributed by atoms with Crippen LogP contribution in [0.15, 0.2) is 29.6 Å². The van der Waals surface area contributed by atoms with Crippen molar-refractivity contribution >= 4 is 46.0 Å². The van der Waals surface area contributed by atoms with Crippen molar-refractivity contribution in [2.24, 2.45) is 7.05 Å². The molecule has 0 saturated heterocycles. The van der Waals surface area contributed by atoms with Crippen LogP contribution in [-0.2, 0) is 16.6 Å². The number of pyridine rings is 1. The molecule has 1 N–H and O–H groups in total. The molecule has 178 valence electrons. The molecule has 34 heavy (non-hydrogen) atoms. The summed E-state index contributed by atoms with van der Waals surface area (Å²) in [4.78, 5) is 25.5. The van der Waals surface area contributed by atoms with E-state index in [1.54, 1.807) is 14.0 Å². The quantitative estimate of drug-likeness (QED) is 0.312. The van der Waals surface area contributed by atoms with E-state index < -0.39 is 11.2 Å². The first kappa shape index (κ1) is 23.7. The molecule has 0 fully saturated rings. The summed E-state index contributed by atoms with van der Waals surface area (Å²) in [6.07, 6.45) is 1.95. The average molecular weight is 481 g/mol. The molecule has 1 aromatic carbocycles. The summed E-state index contributed by atoms with van der Waals surface area (Å²) in [5.41, 5.74) is 5.44. The van der Waals surface area contributed by atoms with Gasteiger partial charge in [0.15, 0.2) is 10.8 Å². The molecule has 0 aliphatic heterocycles. The maximum atomic E-state index is 13.2. The third kappa shape index (κ3) is 4.25. The van der Waals surface area contributed by atoms with Crippen LogP contribution in [0.4, 0.5) is 5.82 Å². The van der Waals surface area contributed by atoms with E-state index in [2.05, 4.69) is 53.5 Å². The molecule has 0 spiro atoms. The summed E-state index contributed by atoms with van der Waals surface area (Å²) < 4.78 is 8.56. The number of amides is 1. The van der Waals surface area contributed by atoms with Crippen LogP contribution in [0.25, 0.3) is 16.6 Å². The first-order valence-electron chi connectivity index (χ1n) is 11.2. The van der Waals surface area contributed by atoms with Gasteiger partial charge in [-0.25, -0.2) is 4.79 Å². The van der Waals surface area contributed by atoms with E-state index in [0.717, 1.165) is 27.7 Å². The van der Waals surface area contributed by atoms with Crippen LogP contribution < -0.4 is 5.32 Å². The summed E-state index contributed by atoms with van der Waals surface area (Å²) in [6, 6.07) is 6.31. The number of rotatable bonds is 7. The van der Waals surface area contributed by atoms with E-state index >= 15 is 0 Å². The van der Waals surface area contributed by atoms with Gasteiger partial charge in [-0.3, -0.25) is 13.9 Å². The van der Waals surface area contributed by atoms with Crippen LogP contribution >= 0.6 is 11.8 Å². The number of hydrogen-bond donors (Lipinski definition) is 1. The Labute approximate surface area is 201 Å². The summed E-state index contributed by atoms with van der Waals surface area (Å²) in [6.45, 7) is 10.1. The predicted octanol–water partition coefficient (Wildman–Crippen LogP) is 4.23. The highest BCUT2D eigenvalue weighted by Gasteiger charge is 2.26. The van der Waals surface area contributed by atoms with Crippen molar-refractivity contribution in [2.75, 3.05) is 11.9 Å². The number of aromatic nitrogens is 5. The molecular formula is C24H28N6O3S. The van der Waals surface area contributed by atoms with Crippen LogP contribution in [0.1, 0.15) is 47.3 Å². The minimum atomic E-state index is -0.525. The van der Waals surface area contributed by atoms with Crippen molar-refractivity contribution in [1.29, 1.82) is 0 Å². The van der Waals surface area contributed by atoms with Crippen molar-refractivity contribution in [2.45, 2.75) is 51.4 Å². The van der Waals surface area contributed by atoms with Gasteiger partial charge < -0.3 is 10.1 Å². The Morgan fingerprint density at radius 1 is 1.12 bits per heavy atom. The Morgan fingerprint density at radius 3 is 2.59 bits per heavy atom. The van der Waals surface area contributed by atoms with Crippen molar-refractivity contribution in [3.8, 4) is 0 Å². The lowest BCUT2D eigenvalue weighted by Crippen LogP contribution is -2.27. The zero-order valence-corrected chi connectivity index (χ0v) is 21.0.